The molecule has 0 spiro atoms. The standard InChI is InChI=1S/C15H24N2S/c18-14-6-2-5-9-16-10-12-17(13-11-16)15-7-3-1-4-8-15/h1,3-4,7-8,18H,2,5-6,9-14H2. The van der Waals surface area contributed by atoms with Crippen LogP contribution in [0.3, 0.4) is 0 Å². The molecule has 1 aromatic carbocycles. The van der Waals surface area contributed by atoms with Gasteiger partial charge in [0, 0.05) is 31.9 Å². The minimum absolute atomic E-state index is 1.03. The van der Waals surface area contributed by atoms with E-state index >= 15 is 0 Å². The maximum absolute atomic E-state index is 4.25. The normalized spacial score (nSPS) is 17.1. The number of hydrogen-bond donors (Lipinski definition) is 1. The number of hydrogen-bond acceptors (Lipinski definition) is 3. The van der Waals surface area contributed by atoms with Crippen molar-refractivity contribution in [2.75, 3.05) is 43.4 Å². The first-order chi connectivity index (χ1) is 8.90. The SMILES string of the molecule is SCCCCCN1CCN(c2ccccc2)CC1. The van der Waals surface area contributed by atoms with E-state index in [4.69, 9.17) is 0 Å². The van der Waals surface area contributed by atoms with Crippen LogP contribution < -0.4 is 4.90 Å². The molecule has 0 N–H and O–H groups in total. The third-order valence-corrected chi connectivity index (χ3v) is 3.94. The van der Waals surface area contributed by atoms with E-state index in [2.05, 4.69) is 52.8 Å². The fourth-order valence-corrected chi connectivity index (χ4v) is 2.72. The number of piperazine rings is 1. The lowest BCUT2D eigenvalue weighted by Gasteiger charge is -2.36. The first-order valence-corrected chi connectivity index (χ1v) is 7.66. The zero-order valence-corrected chi connectivity index (χ0v) is 12.0. The summed E-state index contributed by atoms with van der Waals surface area (Å²) in [5, 5.41) is 0. The van der Waals surface area contributed by atoms with Crippen LogP contribution in [0.25, 0.3) is 0 Å². The maximum atomic E-state index is 4.25. The Morgan fingerprint density at radius 3 is 2.28 bits per heavy atom. The molecule has 1 fully saturated rings. The van der Waals surface area contributed by atoms with Crippen LogP contribution in [0.2, 0.25) is 0 Å². The van der Waals surface area contributed by atoms with E-state index in [1.165, 1.54) is 44.6 Å². The van der Waals surface area contributed by atoms with Crippen molar-refractivity contribution in [2.45, 2.75) is 19.3 Å². The summed E-state index contributed by atoms with van der Waals surface area (Å²) in [5.74, 6) is 1.03. The molecule has 100 valence electrons. The molecule has 0 saturated carbocycles. The van der Waals surface area contributed by atoms with Gasteiger partial charge >= 0.3 is 0 Å². The first-order valence-electron chi connectivity index (χ1n) is 7.03. The largest absolute Gasteiger partial charge is 0.369 e. The van der Waals surface area contributed by atoms with E-state index in [1.54, 1.807) is 0 Å². The van der Waals surface area contributed by atoms with Crippen LogP contribution in [-0.2, 0) is 0 Å². The first kappa shape index (κ1) is 13.8. The van der Waals surface area contributed by atoms with Gasteiger partial charge in [0.05, 0.1) is 0 Å². The van der Waals surface area contributed by atoms with Gasteiger partial charge in [-0.3, -0.25) is 4.90 Å². The number of para-hydroxylation sites is 1. The van der Waals surface area contributed by atoms with Crippen molar-refractivity contribution in [3.05, 3.63) is 30.3 Å². The maximum Gasteiger partial charge on any atom is 0.0367 e. The smallest absolute Gasteiger partial charge is 0.0367 e. The number of benzene rings is 1. The van der Waals surface area contributed by atoms with Crippen LogP contribution >= 0.6 is 12.6 Å². The summed E-state index contributed by atoms with van der Waals surface area (Å²) in [5.41, 5.74) is 1.37. The predicted molar refractivity (Wildman–Crippen MR) is 82.8 cm³/mol. The zero-order valence-electron chi connectivity index (χ0n) is 11.1. The fourth-order valence-electron chi connectivity index (χ4n) is 2.49. The summed E-state index contributed by atoms with van der Waals surface area (Å²) < 4.78 is 0. The third-order valence-electron chi connectivity index (χ3n) is 3.63. The highest BCUT2D eigenvalue weighted by atomic mass is 32.1. The van der Waals surface area contributed by atoms with Crippen LogP contribution in [0.15, 0.2) is 30.3 Å². The molecular weight excluding hydrogens is 240 g/mol. The van der Waals surface area contributed by atoms with E-state index in [0.717, 1.165) is 18.8 Å². The molecule has 1 aliphatic heterocycles. The van der Waals surface area contributed by atoms with E-state index < -0.39 is 0 Å². The molecule has 0 aromatic heterocycles. The van der Waals surface area contributed by atoms with E-state index in [1.807, 2.05) is 0 Å². The molecule has 2 rings (SSSR count). The van der Waals surface area contributed by atoms with E-state index in [0.29, 0.717) is 0 Å². The van der Waals surface area contributed by atoms with Crippen molar-refractivity contribution in [3.63, 3.8) is 0 Å². The van der Waals surface area contributed by atoms with Crippen LogP contribution in [0.5, 0.6) is 0 Å². The third kappa shape index (κ3) is 4.21. The van der Waals surface area contributed by atoms with Crippen molar-refractivity contribution in [1.82, 2.24) is 4.90 Å². The molecular formula is C15H24N2S. The summed E-state index contributed by atoms with van der Waals surface area (Å²) >= 11 is 4.25. The lowest BCUT2D eigenvalue weighted by molar-refractivity contribution is 0.253. The van der Waals surface area contributed by atoms with Crippen molar-refractivity contribution < 1.29 is 0 Å². The molecule has 0 atom stereocenters. The van der Waals surface area contributed by atoms with E-state index in [9.17, 15) is 0 Å². The highest BCUT2D eigenvalue weighted by Gasteiger charge is 2.16. The van der Waals surface area contributed by atoms with Gasteiger partial charge in [-0.2, -0.15) is 12.6 Å². The van der Waals surface area contributed by atoms with Crippen molar-refractivity contribution >= 4 is 18.3 Å². The second kappa shape index (κ2) is 7.70. The lowest BCUT2D eigenvalue weighted by Crippen LogP contribution is -2.46. The van der Waals surface area contributed by atoms with Crippen LogP contribution in [0, 0.1) is 0 Å². The molecule has 0 bridgehead atoms. The second-order valence-electron chi connectivity index (χ2n) is 4.95. The Balaban J connectivity index is 1.68. The van der Waals surface area contributed by atoms with Crippen molar-refractivity contribution in [3.8, 4) is 0 Å². The number of rotatable bonds is 6. The molecule has 0 unspecified atom stereocenters. The molecule has 2 nitrogen and oxygen atoms in total. The highest BCUT2D eigenvalue weighted by molar-refractivity contribution is 7.80. The number of anilines is 1. The second-order valence-corrected chi connectivity index (χ2v) is 5.40. The van der Waals surface area contributed by atoms with Gasteiger partial charge in [0.1, 0.15) is 0 Å². The van der Waals surface area contributed by atoms with Gasteiger partial charge in [0.15, 0.2) is 0 Å². The monoisotopic (exact) mass is 264 g/mol. The van der Waals surface area contributed by atoms with Crippen molar-refractivity contribution in [1.29, 1.82) is 0 Å². The Morgan fingerprint density at radius 2 is 1.61 bits per heavy atom. The Hall–Kier alpha value is -0.670. The quantitative estimate of drug-likeness (QED) is 0.623. The number of unbranched alkanes of at least 4 members (excludes halogenated alkanes) is 2. The molecule has 0 radical (unpaired) electrons. The summed E-state index contributed by atoms with van der Waals surface area (Å²) in [4.78, 5) is 5.09. The molecule has 3 heteroatoms. The topological polar surface area (TPSA) is 6.48 Å². The van der Waals surface area contributed by atoms with Crippen molar-refractivity contribution in [2.24, 2.45) is 0 Å². The Morgan fingerprint density at radius 1 is 0.889 bits per heavy atom. The van der Waals surface area contributed by atoms with Gasteiger partial charge in [-0.25, -0.2) is 0 Å². The Kier molecular flexibility index (Phi) is 5.88. The summed E-state index contributed by atoms with van der Waals surface area (Å²) in [6.07, 6.45) is 3.90. The fraction of sp³-hybridized carbons (Fsp3) is 0.600. The van der Waals surface area contributed by atoms with Gasteiger partial charge < -0.3 is 4.90 Å². The number of thiol groups is 1. The molecule has 0 amide bonds. The lowest BCUT2D eigenvalue weighted by atomic mass is 10.2. The summed E-state index contributed by atoms with van der Waals surface area (Å²) in [6, 6.07) is 10.8. The molecule has 18 heavy (non-hydrogen) atoms. The average Bonchev–Trinajstić information content (AvgIpc) is 2.45. The molecule has 1 saturated heterocycles. The van der Waals surface area contributed by atoms with Gasteiger partial charge in [0.25, 0.3) is 0 Å². The van der Waals surface area contributed by atoms with Crippen LogP contribution in [-0.4, -0.2) is 43.4 Å². The van der Waals surface area contributed by atoms with Crippen LogP contribution in [0.1, 0.15) is 19.3 Å². The highest BCUT2D eigenvalue weighted by Crippen LogP contribution is 2.15. The zero-order chi connectivity index (χ0) is 12.6. The van der Waals surface area contributed by atoms with E-state index in [-0.39, 0.29) is 0 Å². The van der Waals surface area contributed by atoms with Gasteiger partial charge in [-0.15, -0.1) is 0 Å². The molecule has 1 heterocycles. The van der Waals surface area contributed by atoms with Gasteiger partial charge in [0.2, 0.25) is 0 Å². The summed E-state index contributed by atoms with van der Waals surface area (Å²) in [6.45, 7) is 6.00. The predicted octanol–water partition coefficient (Wildman–Crippen LogP) is 2.91. The minimum Gasteiger partial charge on any atom is -0.369 e. The van der Waals surface area contributed by atoms with Gasteiger partial charge in [-0.1, -0.05) is 24.6 Å². The summed E-state index contributed by atoms with van der Waals surface area (Å²) in [7, 11) is 0. The molecule has 1 aromatic rings. The Bertz CT molecular complexity index is 321. The number of nitrogens with zero attached hydrogens (tertiary/aromatic N) is 2. The van der Waals surface area contributed by atoms with Gasteiger partial charge in [-0.05, 0) is 37.3 Å². The Labute approximate surface area is 116 Å². The molecule has 1 aliphatic rings. The molecule has 0 aliphatic carbocycles. The average molecular weight is 264 g/mol. The van der Waals surface area contributed by atoms with Crippen LogP contribution in [0.4, 0.5) is 5.69 Å². The minimum atomic E-state index is 1.03.